The third-order valence-electron chi connectivity index (χ3n) is 1.91. The second-order valence-electron chi connectivity index (χ2n) is 2.82. The third-order valence-corrected chi connectivity index (χ3v) is 3.07. The number of hydrogen-bond acceptors (Lipinski definition) is 5. The van der Waals surface area contributed by atoms with Crippen LogP contribution in [0.25, 0.3) is 0 Å². The fourth-order valence-corrected chi connectivity index (χ4v) is 2.43. The Kier molecular flexibility index (Phi) is 2.22. The minimum atomic E-state index is -1.14. The summed E-state index contributed by atoms with van der Waals surface area (Å²) in [6, 6.07) is 0. The molecule has 2 heterocycles. The molecular weight excluding hydrogens is 192 g/mol. The molecule has 0 amide bonds. The first-order valence-electron chi connectivity index (χ1n) is 3.92. The molecule has 0 radical (unpaired) electrons. The van der Waals surface area contributed by atoms with Gasteiger partial charge in [-0.3, -0.25) is 0 Å². The van der Waals surface area contributed by atoms with Crippen LogP contribution in [-0.2, 0) is 0 Å². The van der Waals surface area contributed by atoms with Gasteiger partial charge in [-0.2, -0.15) is 16.7 Å². The molecule has 1 aliphatic heterocycles. The number of carboxylic acids is 1. The summed E-state index contributed by atoms with van der Waals surface area (Å²) in [5.74, 6) is 1.34. The number of thioether (sulfide) groups is 1. The zero-order chi connectivity index (χ0) is 9.26. The molecule has 1 unspecified atom stereocenters. The molecule has 1 aromatic heterocycles. The number of rotatable bonds is 2. The number of aromatic carboxylic acids is 1. The minimum absolute atomic E-state index is 0.241. The molecule has 0 aliphatic carbocycles. The second kappa shape index (κ2) is 3.37. The first-order chi connectivity index (χ1) is 6.27. The van der Waals surface area contributed by atoms with Crippen LogP contribution in [0.4, 0.5) is 0 Å². The Labute approximate surface area is 78.5 Å². The van der Waals surface area contributed by atoms with Gasteiger partial charge in [-0.15, -0.1) is 0 Å². The van der Waals surface area contributed by atoms with Gasteiger partial charge in [0.15, 0.2) is 0 Å². The molecule has 0 bridgehead atoms. The van der Waals surface area contributed by atoms with Crippen molar-refractivity contribution in [2.75, 3.05) is 11.5 Å². The maximum absolute atomic E-state index is 10.4. The molecular formula is C7H8N2O3S. The van der Waals surface area contributed by atoms with Gasteiger partial charge in [-0.25, -0.2) is 4.79 Å². The summed E-state index contributed by atoms with van der Waals surface area (Å²) in [4.78, 5) is 14.2. The molecule has 70 valence electrons. The van der Waals surface area contributed by atoms with E-state index in [4.69, 9.17) is 9.63 Å². The van der Waals surface area contributed by atoms with E-state index in [-0.39, 0.29) is 11.7 Å². The molecule has 5 nitrogen and oxygen atoms in total. The predicted molar refractivity (Wildman–Crippen MR) is 45.9 cm³/mol. The van der Waals surface area contributed by atoms with Crippen LogP contribution in [0.15, 0.2) is 4.52 Å². The van der Waals surface area contributed by atoms with Crippen molar-refractivity contribution >= 4 is 17.7 Å². The number of hydrogen-bond donors (Lipinski definition) is 1. The van der Waals surface area contributed by atoms with E-state index in [2.05, 4.69) is 10.1 Å². The van der Waals surface area contributed by atoms with E-state index in [1.54, 1.807) is 0 Å². The van der Waals surface area contributed by atoms with E-state index < -0.39 is 5.97 Å². The van der Waals surface area contributed by atoms with Crippen molar-refractivity contribution in [1.29, 1.82) is 0 Å². The summed E-state index contributed by atoms with van der Waals surface area (Å²) in [5.41, 5.74) is 0. The van der Waals surface area contributed by atoms with Gasteiger partial charge in [0.2, 0.25) is 5.89 Å². The lowest BCUT2D eigenvalue weighted by atomic mass is 10.1. The van der Waals surface area contributed by atoms with Gasteiger partial charge < -0.3 is 9.63 Å². The zero-order valence-electron chi connectivity index (χ0n) is 6.77. The van der Waals surface area contributed by atoms with Crippen LogP contribution >= 0.6 is 11.8 Å². The predicted octanol–water partition coefficient (Wildman–Crippen LogP) is 0.988. The van der Waals surface area contributed by atoms with E-state index in [1.807, 2.05) is 11.8 Å². The summed E-state index contributed by atoms with van der Waals surface area (Å²) >= 11 is 1.82. The fraction of sp³-hybridized carbons (Fsp3) is 0.571. The minimum Gasteiger partial charge on any atom is -0.475 e. The van der Waals surface area contributed by atoms with Crippen LogP contribution in [0.3, 0.4) is 0 Å². The highest BCUT2D eigenvalue weighted by Crippen LogP contribution is 2.31. The average Bonchev–Trinajstić information content (AvgIpc) is 2.75. The van der Waals surface area contributed by atoms with Crippen molar-refractivity contribution in [2.45, 2.75) is 12.3 Å². The van der Waals surface area contributed by atoms with E-state index in [0.717, 1.165) is 17.9 Å². The van der Waals surface area contributed by atoms with Gasteiger partial charge in [-0.05, 0) is 17.3 Å². The molecule has 1 aromatic rings. The quantitative estimate of drug-likeness (QED) is 0.767. The normalized spacial score (nSPS) is 22.0. The van der Waals surface area contributed by atoms with E-state index in [1.165, 1.54) is 0 Å². The summed E-state index contributed by atoms with van der Waals surface area (Å²) in [7, 11) is 0. The first-order valence-corrected chi connectivity index (χ1v) is 5.07. The Bertz CT molecular complexity index is 319. The molecule has 13 heavy (non-hydrogen) atoms. The molecule has 1 fully saturated rings. The van der Waals surface area contributed by atoms with Gasteiger partial charge in [0.25, 0.3) is 5.82 Å². The molecule has 2 rings (SSSR count). The van der Waals surface area contributed by atoms with Crippen molar-refractivity contribution in [3.05, 3.63) is 11.7 Å². The van der Waals surface area contributed by atoms with E-state index >= 15 is 0 Å². The van der Waals surface area contributed by atoms with Crippen LogP contribution in [0.2, 0.25) is 0 Å². The van der Waals surface area contributed by atoms with Crippen LogP contribution in [0, 0.1) is 0 Å². The molecule has 0 aromatic carbocycles. The van der Waals surface area contributed by atoms with Gasteiger partial charge in [-0.1, -0.05) is 0 Å². The zero-order valence-corrected chi connectivity index (χ0v) is 7.58. The van der Waals surface area contributed by atoms with Crippen molar-refractivity contribution in [1.82, 2.24) is 10.1 Å². The topological polar surface area (TPSA) is 76.2 Å². The Morgan fingerprint density at radius 2 is 2.54 bits per heavy atom. The lowest BCUT2D eigenvalue weighted by Gasteiger charge is -1.97. The highest BCUT2D eigenvalue weighted by molar-refractivity contribution is 7.99. The molecule has 0 spiro atoms. The number of carbonyl (C=O) groups is 1. The molecule has 1 saturated heterocycles. The summed E-state index contributed by atoms with van der Waals surface area (Å²) in [6.45, 7) is 0. The highest BCUT2D eigenvalue weighted by atomic mass is 32.2. The Hall–Kier alpha value is -1.04. The van der Waals surface area contributed by atoms with E-state index in [0.29, 0.717) is 5.89 Å². The largest absolute Gasteiger partial charge is 0.475 e. The molecule has 1 N–H and O–H groups in total. The van der Waals surface area contributed by atoms with Crippen LogP contribution in [-0.4, -0.2) is 32.7 Å². The molecule has 0 saturated carbocycles. The Balaban J connectivity index is 2.16. The van der Waals surface area contributed by atoms with Gasteiger partial charge >= 0.3 is 5.97 Å². The van der Waals surface area contributed by atoms with Crippen molar-refractivity contribution in [3.63, 3.8) is 0 Å². The van der Waals surface area contributed by atoms with Crippen LogP contribution < -0.4 is 0 Å². The first kappa shape index (κ1) is 8.55. The van der Waals surface area contributed by atoms with Crippen molar-refractivity contribution in [2.24, 2.45) is 0 Å². The standard InChI is InChI=1S/C7H8N2O3S/c10-7(11)5-8-6(12-9-5)4-1-2-13-3-4/h4H,1-3H2,(H,10,11). The number of aromatic nitrogens is 2. The lowest BCUT2D eigenvalue weighted by Crippen LogP contribution is -2.01. The number of carboxylic acid groups (broad SMARTS) is 1. The summed E-state index contributed by atoms with van der Waals surface area (Å²) in [5, 5.41) is 11.9. The highest BCUT2D eigenvalue weighted by Gasteiger charge is 2.24. The molecule has 1 aliphatic rings. The van der Waals surface area contributed by atoms with Gasteiger partial charge in [0.05, 0.1) is 0 Å². The van der Waals surface area contributed by atoms with Crippen LogP contribution in [0.1, 0.15) is 28.8 Å². The summed E-state index contributed by atoms with van der Waals surface area (Å²) < 4.78 is 4.85. The SMILES string of the molecule is O=C(O)c1noc(C2CCSC2)n1. The number of nitrogens with zero attached hydrogens (tertiary/aromatic N) is 2. The van der Waals surface area contributed by atoms with Gasteiger partial charge in [0, 0.05) is 11.7 Å². The van der Waals surface area contributed by atoms with Crippen molar-refractivity contribution < 1.29 is 14.4 Å². The molecule has 1 atom stereocenters. The third kappa shape index (κ3) is 1.67. The fourth-order valence-electron chi connectivity index (χ4n) is 1.22. The molecule has 6 heteroatoms. The second-order valence-corrected chi connectivity index (χ2v) is 3.97. The van der Waals surface area contributed by atoms with E-state index in [9.17, 15) is 4.79 Å². The monoisotopic (exact) mass is 200 g/mol. The average molecular weight is 200 g/mol. The summed E-state index contributed by atoms with van der Waals surface area (Å²) in [6.07, 6.45) is 0.992. The lowest BCUT2D eigenvalue weighted by molar-refractivity contribution is 0.0680. The van der Waals surface area contributed by atoms with Crippen molar-refractivity contribution in [3.8, 4) is 0 Å². The Morgan fingerprint density at radius 1 is 1.69 bits per heavy atom. The maximum atomic E-state index is 10.4. The maximum Gasteiger partial charge on any atom is 0.377 e. The van der Waals surface area contributed by atoms with Gasteiger partial charge in [0.1, 0.15) is 0 Å². The smallest absolute Gasteiger partial charge is 0.377 e. The Morgan fingerprint density at radius 3 is 3.08 bits per heavy atom. The van der Waals surface area contributed by atoms with Crippen LogP contribution in [0.5, 0.6) is 0 Å².